The molecule has 2 aromatic heterocycles. The zero-order valence-electron chi connectivity index (χ0n) is 14.6. The van der Waals surface area contributed by atoms with E-state index in [2.05, 4.69) is 39.7 Å². The van der Waals surface area contributed by atoms with E-state index in [1.165, 1.54) is 4.52 Å². The Morgan fingerprint density at radius 2 is 2.16 bits per heavy atom. The molecule has 0 saturated carbocycles. The molecule has 25 heavy (non-hydrogen) atoms. The highest BCUT2D eigenvalue weighted by Crippen LogP contribution is 2.19. The van der Waals surface area contributed by atoms with Crippen LogP contribution in [-0.4, -0.2) is 59.1 Å². The Kier molecular flexibility index (Phi) is 5.33. The quantitative estimate of drug-likeness (QED) is 0.592. The maximum atomic E-state index is 10.6. The highest BCUT2D eigenvalue weighted by Gasteiger charge is 2.24. The average molecular weight is 380 g/mol. The summed E-state index contributed by atoms with van der Waals surface area (Å²) in [6, 6.07) is 4.50. The Hall–Kier alpha value is -1.61. The highest BCUT2D eigenvalue weighted by molar-refractivity contribution is 6.76. The molecule has 0 spiro atoms. The van der Waals surface area contributed by atoms with Gasteiger partial charge in [0.2, 0.25) is 0 Å². The van der Waals surface area contributed by atoms with Crippen LogP contribution in [-0.2, 0) is 4.74 Å². The van der Waals surface area contributed by atoms with E-state index in [0.717, 1.165) is 12.7 Å². The second-order valence-electron chi connectivity index (χ2n) is 7.21. The molecule has 0 aliphatic carbocycles. The first-order chi connectivity index (χ1) is 11.8. The second kappa shape index (κ2) is 7.33. The number of ether oxygens (including phenoxy) is 1. The van der Waals surface area contributed by atoms with E-state index in [1.54, 1.807) is 24.5 Å². The number of nitrogens with zero attached hydrogens (tertiary/aromatic N) is 5. The largest absolute Gasteiger partial charge is 0.380 e. The van der Waals surface area contributed by atoms with E-state index in [9.17, 15) is 5.11 Å². The summed E-state index contributed by atoms with van der Waals surface area (Å²) in [5.74, 6) is 0. The van der Waals surface area contributed by atoms with Crippen molar-refractivity contribution in [2.24, 2.45) is 9.98 Å². The lowest BCUT2D eigenvalue weighted by Gasteiger charge is -2.15. The number of aliphatic hydroxyl groups is 1. The molecule has 2 unspecified atom stereocenters. The van der Waals surface area contributed by atoms with Crippen LogP contribution in [0.5, 0.6) is 0 Å². The first-order valence-corrected chi connectivity index (χ1v) is 12.3. The van der Waals surface area contributed by atoms with E-state index < -0.39 is 14.2 Å². The third-order valence-electron chi connectivity index (χ3n) is 3.86. The molecule has 3 rings (SSSR count). The van der Waals surface area contributed by atoms with Gasteiger partial charge in [0.1, 0.15) is 11.3 Å². The summed E-state index contributed by atoms with van der Waals surface area (Å²) in [5.41, 5.74) is 1.59. The van der Waals surface area contributed by atoms with Crippen LogP contribution in [0, 0.1) is 0 Å². The molecule has 0 fully saturated rings. The van der Waals surface area contributed by atoms with Crippen molar-refractivity contribution in [1.82, 2.24) is 14.6 Å². The standard InChI is InChI=1S/C16H22ClN5O2Si/c1-25(2,3)7-6-24-10-14-18-8-11(20-14)16(23)12-9-19-15-5-4-13(17)21-22(12)15/h4-5,8-9,14,16,23H,6-7,10H2,1-3H3. The molecule has 9 heteroatoms. The Morgan fingerprint density at radius 1 is 1.36 bits per heavy atom. The monoisotopic (exact) mass is 379 g/mol. The van der Waals surface area contributed by atoms with Gasteiger partial charge in [-0.25, -0.2) is 9.50 Å². The number of aliphatic hydroxyl groups excluding tert-OH is 1. The van der Waals surface area contributed by atoms with E-state index >= 15 is 0 Å². The van der Waals surface area contributed by atoms with Crippen molar-refractivity contribution in [2.75, 3.05) is 13.2 Å². The molecule has 1 N–H and O–H groups in total. The number of rotatable bonds is 7. The molecule has 1 aliphatic heterocycles. The molecular weight excluding hydrogens is 358 g/mol. The Labute approximate surface area is 152 Å². The van der Waals surface area contributed by atoms with Crippen molar-refractivity contribution in [3.05, 3.63) is 29.2 Å². The van der Waals surface area contributed by atoms with Crippen LogP contribution in [0.15, 0.2) is 28.3 Å². The van der Waals surface area contributed by atoms with Crippen LogP contribution >= 0.6 is 11.6 Å². The Balaban J connectivity index is 1.64. The third-order valence-corrected chi connectivity index (χ3v) is 5.76. The fourth-order valence-corrected chi connectivity index (χ4v) is 3.29. The summed E-state index contributed by atoms with van der Waals surface area (Å²) in [6.07, 6.45) is 1.89. The molecular formula is C16H22ClN5O2Si. The van der Waals surface area contributed by atoms with Gasteiger partial charge in [-0.05, 0) is 18.2 Å². The molecule has 0 aromatic carbocycles. The van der Waals surface area contributed by atoms with Crippen molar-refractivity contribution in [1.29, 1.82) is 0 Å². The Bertz CT molecular complexity index is 814. The van der Waals surface area contributed by atoms with Gasteiger partial charge in [0.25, 0.3) is 0 Å². The first kappa shape index (κ1) is 18.2. The maximum absolute atomic E-state index is 10.6. The van der Waals surface area contributed by atoms with Gasteiger partial charge in [0, 0.05) is 20.9 Å². The van der Waals surface area contributed by atoms with Crippen molar-refractivity contribution >= 4 is 37.2 Å². The minimum atomic E-state index is -1.10. The van der Waals surface area contributed by atoms with Gasteiger partial charge in [-0.15, -0.1) is 0 Å². The van der Waals surface area contributed by atoms with Gasteiger partial charge in [-0.1, -0.05) is 31.2 Å². The summed E-state index contributed by atoms with van der Waals surface area (Å²) in [5, 5.41) is 15.1. The Morgan fingerprint density at radius 3 is 2.92 bits per heavy atom. The van der Waals surface area contributed by atoms with E-state index in [0.29, 0.717) is 28.8 Å². The number of aromatic nitrogens is 3. The predicted octanol–water partition coefficient (Wildman–Crippen LogP) is 2.62. The van der Waals surface area contributed by atoms with Crippen molar-refractivity contribution in [3.8, 4) is 0 Å². The van der Waals surface area contributed by atoms with Gasteiger partial charge >= 0.3 is 0 Å². The third kappa shape index (κ3) is 4.52. The van der Waals surface area contributed by atoms with Gasteiger partial charge in [0.05, 0.1) is 24.2 Å². The smallest absolute Gasteiger partial charge is 0.163 e. The molecule has 0 radical (unpaired) electrons. The number of hydrogen-bond acceptors (Lipinski definition) is 6. The molecule has 3 heterocycles. The highest BCUT2D eigenvalue weighted by atomic mass is 35.5. The van der Waals surface area contributed by atoms with Gasteiger partial charge in [0.15, 0.2) is 11.8 Å². The predicted molar refractivity (Wildman–Crippen MR) is 102 cm³/mol. The number of hydrogen-bond donors (Lipinski definition) is 1. The SMILES string of the molecule is C[Si](C)(C)CCOCC1N=CC(C(O)c2cnc3ccc(Cl)nn23)=N1. The number of fused-ring (bicyclic) bond motifs is 1. The fraction of sp³-hybridized carbons (Fsp3) is 0.500. The van der Waals surface area contributed by atoms with E-state index in [4.69, 9.17) is 16.3 Å². The minimum absolute atomic E-state index is 0.304. The fourth-order valence-electron chi connectivity index (χ4n) is 2.40. The lowest BCUT2D eigenvalue weighted by molar-refractivity contribution is 0.135. The summed E-state index contributed by atoms with van der Waals surface area (Å²) in [7, 11) is -1.10. The number of halogens is 1. The topological polar surface area (TPSA) is 84.4 Å². The van der Waals surface area contributed by atoms with E-state index in [-0.39, 0.29) is 6.17 Å². The lowest BCUT2D eigenvalue weighted by Crippen LogP contribution is -2.22. The zero-order valence-corrected chi connectivity index (χ0v) is 16.3. The van der Waals surface area contributed by atoms with Crippen LogP contribution in [0.3, 0.4) is 0 Å². The molecule has 2 atom stereocenters. The molecule has 2 aromatic rings. The molecule has 0 amide bonds. The number of aliphatic imine (C=N–C) groups is 2. The van der Waals surface area contributed by atoms with Gasteiger partial charge < -0.3 is 9.84 Å². The summed E-state index contributed by atoms with van der Waals surface area (Å²) < 4.78 is 7.20. The van der Waals surface area contributed by atoms with Gasteiger partial charge in [-0.3, -0.25) is 9.98 Å². The van der Waals surface area contributed by atoms with Crippen LogP contribution in [0.2, 0.25) is 30.8 Å². The molecule has 7 nitrogen and oxygen atoms in total. The summed E-state index contributed by atoms with van der Waals surface area (Å²) >= 11 is 5.93. The van der Waals surface area contributed by atoms with Crippen LogP contribution in [0.4, 0.5) is 0 Å². The van der Waals surface area contributed by atoms with Crippen LogP contribution in [0.25, 0.3) is 5.65 Å². The van der Waals surface area contributed by atoms with Crippen molar-refractivity contribution in [2.45, 2.75) is 38.0 Å². The molecule has 1 aliphatic rings. The average Bonchev–Trinajstić information content (AvgIpc) is 3.16. The van der Waals surface area contributed by atoms with Crippen molar-refractivity contribution < 1.29 is 9.84 Å². The molecule has 0 saturated heterocycles. The maximum Gasteiger partial charge on any atom is 0.163 e. The normalized spacial score (nSPS) is 18.8. The van der Waals surface area contributed by atoms with E-state index in [1.807, 2.05) is 0 Å². The summed E-state index contributed by atoms with van der Waals surface area (Å²) in [6.45, 7) is 8.09. The minimum Gasteiger partial charge on any atom is -0.380 e. The summed E-state index contributed by atoms with van der Waals surface area (Å²) in [4.78, 5) is 13.0. The van der Waals surface area contributed by atoms with Crippen LogP contribution < -0.4 is 0 Å². The van der Waals surface area contributed by atoms with Gasteiger partial charge in [-0.2, -0.15) is 5.10 Å². The first-order valence-electron chi connectivity index (χ1n) is 8.20. The second-order valence-corrected chi connectivity index (χ2v) is 13.2. The molecule has 0 bridgehead atoms. The number of imidazole rings is 1. The van der Waals surface area contributed by atoms with Crippen LogP contribution in [0.1, 0.15) is 11.8 Å². The lowest BCUT2D eigenvalue weighted by atomic mass is 10.2. The molecule has 134 valence electrons. The van der Waals surface area contributed by atoms with Crippen molar-refractivity contribution in [3.63, 3.8) is 0 Å². The zero-order chi connectivity index (χ0) is 18.0.